The molecule has 0 unspecified atom stereocenters. The Morgan fingerprint density at radius 2 is 1.92 bits per heavy atom. The molecule has 0 radical (unpaired) electrons. The molecule has 0 aromatic carbocycles. The van der Waals surface area contributed by atoms with E-state index in [1.54, 1.807) is 6.92 Å². The first-order valence-corrected chi connectivity index (χ1v) is 3.79. The van der Waals surface area contributed by atoms with Crippen molar-refractivity contribution in [2.75, 3.05) is 6.61 Å². The SMILES string of the molecule is CCOC(=O)C(=O)[C@@H](Cl)C(C)=O. The molecule has 0 saturated heterocycles. The molecule has 0 heterocycles. The Balaban J connectivity index is 4.19. The summed E-state index contributed by atoms with van der Waals surface area (Å²) in [6.45, 7) is 2.78. The summed E-state index contributed by atoms with van der Waals surface area (Å²) < 4.78 is 4.35. The van der Waals surface area contributed by atoms with E-state index < -0.39 is 22.9 Å². The Labute approximate surface area is 74.8 Å². The van der Waals surface area contributed by atoms with Gasteiger partial charge in [0.25, 0.3) is 5.78 Å². The van der Waals surface area contributed by atoms with Gasteiger partial charge in [0.1, 0.15) is 0 Å². The molecule has 4 nitrogen and oxygen atoms in total. The van der Waals surface area contributed by atoms with Gasteiger partial charge in [0.05, 0.1) is 6.61 Å². The highest BCUT2D eigenvalue weighted by atomic mass is 35.5. The van der Waals surface area contributed by atoms with Gasteiger partial charge < -0.3 is 4.74 Å². The number of ketones is 2. The zero-order valence-electron chi connectivity index (χ0n) is 6.80. The number of carbonyl (C=O) groups excluding carboxylic acids is 3. The minimum Gasteiger partial charge on any atom is -0.460 e. The third-order valence-electron chi connectivity index (χ3n) is 1.06. The Morgan fingerprint density at radius 3 is 2.25 bits per heavy atom. The molecule has 0 N–H and O–H groups in total. The van der Waals surface area contributed by atoms with Crippen molar-refractivity contribution in [1.29, 1.82) is 0 Å². The first-order chi connectivity index (χ1) is 5.50. The van der Waals surface area contributed by atoms with Crippen LogP contribution < -0.4 is 0 Å². The number of hydrogen-bond acceptors (Lipinski definition) is 4. The van der Waals surface area contributed by atoms with Crippen molar-refractivity contribution in [2.24, 2.45) is 0 Å². The number of carbonyl (C=O) groups is 3. The lowest BCUT2D eigenvalue weighted by Crippen LogP contribution is -2.31. The molecule has 0 aromatic rings. The van der Waals surface area contributed by atoms with Gasteiger partial charge in [0.2, 0.25) is 0 Å². The molecule has 0 aliphatic heterocycles. The molecule has 0 aliphatic carbocycles. The fraction of sp³-hybridized carbons (Fsp3) is 0.571. The van der Waals surface area contributed by atoms with E-state index in [-0.39, 0.29) is 6.61 Å². The van der Waals surface area contributed by atoms with Crippen molar-refractivity contribution in [3.8, 4) is 0 Å². The minimum absolute atomic E-state index is 0.0894. The molecule has 0 amide bonds. The summed E-state index contributed by atoms with van der Waals surface area (Å²) >= 11 is 5.30. The van der Waals surface area contributed by atoms with E-state index in [1.807, 2.05) is 0 Å². The zero-order chi connectivity index (χ0) is 9.72. The smallest absolute Gasteiger partial charge is 0.376 e. The second-order valence-corrected chi connectivity index (χ2v) is 2.49. The van der Waals surface area contributed by atoms with Gasteiger partial charge in [-0.15, -0.1) is 11.6 Å². The van der Waals surface area contributed by atoms with Crippen molar-refractivity contribution >= 4 is 29.1 Å². The van der Waals surface area contributed by atoms with E-state index in [2.05, 4.69) is 4.74 Å². The molecular weight excluding hydrogens is 184 g/mol. The van der Waals surface area contributed by atoms with Gasteiger partial charge in [-0.2, -0.15) is 0 Å². The van der Waals surface area contributed by atoms with Crippen LogP contribution in [0.3, 0.4) is 0 Å². The first-order valence-electron chi connectivity index (χ1n) is 3.36. The number of alkyl halides is 1. The first kappa shape index (κ1) is 11.1. The molecular formula is C7H9ClO4. The van der Waals surface area contributed by atoms with Gasteiger partial charge in [-0.1, -0.05) is 0 Å². The normalized spacial score (nSPS) is 11.9. The number of ether oxygens (including phenoxy) is 1. The maximum atomic E-state index is 10.8. The number of rotatable bonds is 4. The summed E-state index contributed by atoms with van der Waals surface area (Å²) in [4.78, 5) is 32.1. The van der Waals surface area contributed by atoms with Crippen LogP contribution in [0.2, 0.25) is 0 Å². The second kappa shape index (κ2) is 4.87. The molecule has 68 valence electrons. The Bertz CT molecular complexity index is 211. The summed E-state index contributed by atoms with van der Waals surface area (Å²) in [6, 6.07) is 0. The van der Waals surface area contributed by atoms with Gasteiger partial charge in [0.15, 0.2) is 11.2 Å². The van der Waals surface area contributed by atoms with Gasteiger partial charge >= 0.3 is 5.97 Å². The van der Waals surface area contributed by atoms with Crippen LogP contribution in [0, 0.1) is 0 Å². The zero-order valence-corrected chi connectivity index (χ0v) is 7.55. The number of hydrogen-bond donors (Lipinski definition) is 0. The summed E-state index contributed by atoms with van der Waals surface area (Å²) in [5.41, 5.74) is 0. The highest BCUT2D eigenvalue weighted by molar-refractivity contribution is 6.54. The van der Waals surface area contributed by atoms with Crippen LogP contribution in [0.25, 0.3) is 0 Å². The number of halogens is 1. The van der Waals surface area contributed by atoms with Crippen LogP contribution >= 0.6 is 11.6 Å². The molecule has 0 spiro atoms. The van der Waals surface area contributed by atoms with Crippen LogP contribution in [0.5, 0.6) is 0 Å². The summed E-state index contributed by atoms with van der Waals surface area (Å²) in [7, 11) is 0. The van der Waals surface area contributed by atoms with Crippen LogP contribution in [-0.4, -0.2) is 29.5 Å². The maximum absolute atomic E-state index is 10.8. The third-order valence-corrected chi connectivity index (χ3v) is 1.57. The molecule has 0 bridgehead atoms. The quantitative estimate of drug-likeness (QED) is 0.279. The maximum Gasteiger partial charge on any atom is 0.376 e. The predicted octanol–water partition coefficient (Wildman–Crippen LogP) is 0.315. The molecule has 0 rings (SSSR count). The fourth-order valence-corrected chi connectivity index (χ4v) is 0.579. The molecule has 0 aliphatic rings. The largest absolute Gasteiger partial charge is 0.460 e. The topological polar surface area (TPSA) is 60.4 Å². The van der Waals surface area contributed by atoms with E-state index in [1.165, 1.54) is 0 Å². The summed E-state index contributed by atoms with van der Waals surface area (Å²) in [5.74, 6) is -2.63. The predicted molar refractivity (Wildman–Crippen MR) is 42.0 cm³/mol. The van der Waals surface area contributed by atoms with Crippen LogP contribution in [0.1, 0.15) is 13.8 Å². The number of esters is 1. The van der Waals surface area contributed by atoms with Gasteiger partial charge in [-0.05, 0) is 13.8 Å². The monoisotopic (exact) mass is 192 g/mol. The lowest BCUT2D eigenvalue weighted by atomic mass is 10.2. The van der Waals surface area contributed by atoms with Crippen LogP contribution in [0.15, 0.2) is 0 Å². The van der Waals surface area contributed by atoms with Crippen molar-refractivity contribution in [3.63, 3.8) is 0 Å². The Kier molecular flexibility index (Phi) is 4.51. The minimum atomic E-state index is -1.41. The van der Waals surface area contributed by atoms with Crippen LogP contribution in [-0.2, 0) is 19.1 Å². The van der Waals surface area contributed by atoms with Crippen molar-refractivity contribution in [1.82, 2.24) is 0 Å². The Hall–Kier alpha value is -0.900. The van der Waals surface area contributed by atoms with Crippen molar-refractivity contribution in [2.45, 2.75) is 19.2 Å². The molecule has 5 heteroatoms. The molecule has 0 fully saturated rings. The lowest BCUT2D eigenvalue weighted by molar-refractivity contribution is -0.154. The van der Waals surface area contributed by atoms with Crippen molar-refractivity contribution < 1.29 is 19.1 Å². The summed E-state index contributed by atoms with van der Waals surface area (Å²) in [5, 5.41) is -1.41. The highest BCUT2D eigenvalue weighted by Gasteiger charge is 2.27. The lowest BCUT2D eigenvalue weighted by Gasteiger charge is -2.02. The average molecular weight is 193 g/mol. The van der Waals surface area contributed by atoms with Crippen molar-refractivity contribution in [3.05, 3.63) is 0 Å². The highest BCUT2D eigenvalue weighted by Crippen LogP contribution is 2.00. The van der Waals surface area contributed by atoms with Gasteiger partial charge in [0, 0.05) is 0 Å². The van der Waals surface area contributed by atoms with E-state index in [4.69, 9.17) is 11.6 Å². The molecule has 1 atom stereocenters. The van der Waals surface area contributed by atoms with E-state index in [0.29, 0.717) is 0 Å². The molecule has 0 aromatic heterocycles. The third kappa shape index (κ3) is 3.00. The number of Topliss-reactive ketones (excluding diaryl/α,β-unsaturated/α-hetero) is 2. The van der Waals surface area contributed by atoms with Crippen LogP contribution in [0.4, 0.5) is 0 Å². The second-order valence-electron chi connectivity index (χ2n) is 2.06. The Morgan fingerprint density at radius 1 is 1.42 bits per heavy atom. The van der Waals surface area contributed by atoms with Gasteiger partial charge in [-0.3, -0.25) is 9.59 Å². The summed E-state index contributed by atoms with van der Waals surface area (Å²) in [6.07, 6.45) is 0. The van der Waals surface area contributed by atoms with Gasteiger partial charge in [-0.25, -0.2) is 4.79 Å². The average Bonchev–Trinajstić information content (AvgIpc) is 2.02. The van der Waals surface area contributed by atoms with E-state index in [9.17, 15) is 14.4 Å². The molecule has 12 heavy (non-hydrogen) atoms. The van der Waals surface area contributed by atoms with E-state index >= 15 is 0 Å². The fourth-order valence-electron chi connectivity index (χ4n) is 0.490. The molecule has 0 saturated carbocycles. The van der Waals surface area contributed by atoms with E-state index in [0.717, 1.165) is 6.92 Å². The standard InChI is InChI=1S/C7H9ClO4/c1-3-12-7(11)6(10)5(8)4(2)9/h5H,3H2,1-2H3/t5-/m0/s1.